The smallest absolute Gasteiger partial charge is 0.131 e. The Morgan fingerprint density at radius 3 is 2.56 bits per heavy atom. The Kier molecular flexibility index (Phi) is 5.99. The molecule has 3 nitrogen and oxygen atoms in total. The third-order valence-electron chi connectivity index (χ3n) is 3.80. The second kappa shape index (κ2) is 8.60. The Labute approximate surface area is 151 Å². The highest BCUT2D eigenvalue weighted by molar-refractivity contribution is 6.31. The van der Waals surface area contributed by atoms with Crippen molar-refractivity contribution in [3.63, 3.8) is 0 Å². The molecule has 25 heavy (non-hydrogen) atoms. The van der Waals surface area contributed by atoms with Crippen LogP contribution in [0, 0.1) is 5.82 Å². The van der Waals surface area contributed by atoms with Gasteiger partial charge in [0.25, 0.3) is 0 Å². The van der Waals surface area contributed by atoms with E-state index < -0.39 is 0 Å². The summed E-state index contributed by atoms with van der Waals surface area (Å²) < 4.78 is 19.7. The van der Waals surface area contributed by atoms with E-state index in [1.807, 2.05) is 36.4 Å². The number of hydrogen-bond acceptors (Lipinski definition) is 3. The van der Waals surface area contributed by atoms with Crippen LogP contribution in [0.2, 0.25) is 5.02 Å². The number of ether oxygens (including phenoxy) is 1. The third-order valence-corrected chi connectivity index (χ3v) is 4.15. The minimum Gasteiger partial charge on any atom is -0.488 e. The second-order valence-electron chi connectivity index (χ2n) is 5.56. The number of hydrogen-bond donors (Lipinski definition) is 1. The lowest BCUT2D eigenvalue weighted by atomic mass is 10.2. The zero-order chi connectivity index (χ0) is 17.5. The van der Waals surface area contributed by atoms with E-state index in [2.05, 4.69) is 10.3 Å². The number of halogens is 2. The largest absolute Gasteiger partial charge is 0.488 e. The minimum atomic E-state index is -0.360. The van der Waals surface area contributed by atoms with E-state index in [4.69, 9.17) is 16.3 Å². The molecule has 0 saturated carbocycles. The van der Waals surface area contributed by atoms with Crippen molar-refractivity contribution in [3.8, 4) is 5.75 Å². The second-order valence-corrected chi connectivity index (χ2v) is 5.96. The van der Waals surface area contributed by atoms with Gasteiger partial charge in [-0.2, -0.15) is 0 Å². The predicted octanol–water partition coefficient (Wildman–Crippen LogP) is 4.74. The monoisotopic (exact) mass is 356 g/mol. The van der Waals surface area contributed by atoms with Crippen molar-refractivity contribution in [2.45, 2.75) is 19.7 Å². The van der Waals surface area contributed by atoms with Crippen molar-refractivity contribution in [1.82, 2.24) is 10.3 Å². The van der Waals surface area contributed by atoms with Gasteiger partial charge in [-0.3, -0.25) is 4.98 Å². The quantitative estimate of drug-likeness (QED) is 0.663. The molecule has 0 aliphatic carbocycles. The number of rotatable bonds is 7. The summed E-state index contributed by atoms with van der Waals surface area (Å²) in [6.07, 6.45) is 3.54. The molecule has 0 aliphatic rings. The van der Waals surface area contributed by atoms with Crippen molar-refractivity contribution < 1.29 is 9.13 Å². The van der Waals surface area contributed by atoms with Crippen LogP contribution in [0.5, 0.6) is 5.75 Å². The van der Waals surface area contributed by atoms with E-state index in [1.54, 1.807) is 24.5 Å². The van der Waals surface area contributed by atoms with Crippen LogP contribution in [0.1, 0.15) is 16.7 Å². The van der Waals surface area contributed by atoms with E-state index >= 15 is 0 Å². The van der Waals surface area contributed by atoms with Gasteiger partial charge in [0, 0.05) is 36.6 Å². The van der Waals surface area contributed by atoms with Crippen molar-refractivity contribution in [3.05, 3.63) is 94.5 Å². The molecule has 1 N–H and O–H groups in total. The summed E-state index contributed by atoms with van der Waals surface area (Å²) in [5.74, 6) is 0.352. The Bertz CT molecular complexity index is 807. The van der Waals surface area contributed by atoms with Gasteiger partial charge in [0.15, 0.2) is 0 Å². The summed E-state index contributed by atoms with van der Waals surface area (Å²) >= 11 is 6.05. The molecule has 2 aromatic carbocycles. The number of benzene rings is 2. The highest BCUT2D eigenvalue weighted by atomic mass is 35.5. The fourth-order valence-corrected chi connectivity index (χ4v) is 2.67. The van der Waals surface area contributed by atoms with Gasteiger partial charge in [0.1, 0.15) is 18.2 Å². The van der Waals surface area contributed by atoms with Crippen LogP contribution in [-0.4, -0.2) is 4.98 Å². The van der Waals surface area contributed by atoms with Crippen molar-refractivity contribution in [2.75, 3.05) is 0 Å². The molecule has 1 aromatic heterocycles. The molecule has 0 fully saturated rings. The summed E-state index contributed by atoms with van der Waals surface area (Å²) in [4.78, 5) is 4.00. The number of aromatic nitrogens is 1. The van der Waals surface area contributed by atoms with Gasteiger partial charge < -0.3 is 10.1 Å². The summed E-state index contributed by atoms with van der Waals surface area (Å²) in [6, 6.07) is 16.3. The van der Waals surface area contributed by atoms with Crippen LogP contribution in [0.4, 0.5) is 4.39 Å². The van der Waals surface area contributed by atoms with Gasteiger partial charge in [0.2, 0.25) is 0 Å². The summed E-state index contributed by atoms with van der Waals surface area (Å²) in [5.41, 5.74) is 2.53. The van der Waals surface area contributed by atoms with Crippen LogP contribution in [0.15, 0.2) is 67.0 Å². The lowest BCUT2D eigenvalue weighted by Gasteiger charge is -2.13. The average molecular weight is 357 g/mol. The first-order chi connectivity index (χ1) is 12.2. The maximum absolute atomic E-state index is 13.9. The zero-order valence-electron chi connectivity index (χ0n) is 13.6. The highest BCUT2D eigenvalue weighted by Gasteiger charge is 2.09. The highest BCUT2D eigenvalue weighted by Crippen LogP contribution is 2.23. The molecule has 0 spiro atoms. The maximum atomic E-state index is 13.9. The molecule has 0 saturated heterocycles. The van der Waals surface area contributed by atoms with E-state index in [-0.39, 0.29) is 12.4 Å². The van der Waals surface area contributed by atoms with Crippen molar-refractivity contribution in [1.29, 1.82) is 0 Å². The molecule has 0 radical (unpaired) electrons. The summed E-state index contributed by atoms with van der Waals surface area (Å²) in [6.45, 7) is 1.46. The lowest BCUT2D eigenvalue weighted by Crippen LogP contribution is -2.13. The van der Waals surface area contributed by atoms with Gasteiger partial charge in [0.05, 0.1) is 5.02 Å². The van der Waals surface area contributed by atoms with Gasteiger partial charge in [-0.1, -0.05) is 35.9 Å². The molecule has 0 bridgehead atoms. The average Bonchev–Trinajstić information content (AvgIpc) is 2.63. The van der Waals surface area contributed by atoms with Crippen LogP contribution < -0.4 is 10.1 Å². The Balaban J connectivity index is 1.63. The molecular weight excluding hydrogens is 339 g/mol. The van der Waals surface area contributed by atoms with Crippen LogP contribution in [0.25, 0.3) is 0 Å². The molecule has 0 unspecified atom stereocenters. The van der Waals surface area contributed by atoms with Crippen molar-refractivity contribution >= 4 is 11.6 Å². The van der Waals surface area contributed by atoms with Gasteiger partial charge >= 0.3 is 0 Å². The Morgan fingerprint density at radius 2 is 1.76 bits per heavy atom. The normalized spacial score (nSPS) is 10.6. The van der Waals surface area contributed by atoms with Gasteiger partial charge in [-0.25, -0.2) is 4.39 Å². The van der Waals surface area contributed by atoms with E-state index in [1.165, 1.54) is 6.07 Å². The first-order valence-corrected chi connectivity index (χ1v) is 8.35. The number of pyridine rings is 1. The first-order valence-electron chi connectivity index (χ1n) is 7.97. The third kappa shape index (κ3) is 4.78. The molecule has 0 amide bonds. The Hall–Kier alpha value is -2.43. The fourth-order valence-electron chi connectivity index (χ4n) is 2.45. The number of nitrogens with one attached hydrogen (secondary N) is 1. The molecule has 0 aliphatic heterocycles. The lowest BCUT2D eigenvalue weighted by molar-refractivity contribution is 0.296. The van der Waals surface area contributed by atoms with Gasteiger partial charge in [-0.05, 0) is 35.9 Å². The molecule has 0 atom stereocenters. The molecule has 1 heterocycles. The van der Waals surface area contributed by atoms with E-state index in [9.17, 15) is 4.39 Å². The van der Waals surface area contributed by atoms with E-state index in [0.29, 0.717) is 22.9 Å². The number of nitrogens with zero attached hydrogens (tertiary/aromatic N) is 1. The molecule has 3 rings (SSSR count). The first kappa shape index (κ1) is 17.4. The van der Waals surface area contributed by atoms with Gasteiger partial charge in [-0.15, -0.1) is 0 Å². The predicted molar refractivity (Wildman–Crippen MR) is 97.0 cm³/mol. The molecule has 3 aromatic rings. The SMILES string of the molecule is Fc1cccc(Cl)c1COc1ccccc1CNCc1ccncc1. The maximum Gasteiger partial charge on any atom is 0.131 e. The minimum absolute atomic E-state index is 0.0902. The van der Waals surface area contributed by atoms with Crippen LogP contribution in [0.3, 0.4) is 0 Å². The zero-order valence-corrected chi connectivity index (χ0v) is 14.3. The summed E-state index contributed by atoms with van der Waals surface area (Å²) in [7, 11) is 0. The standard InChI is InChI=1S/C20H18ClFN2O/c21-18-5-3-6-19(22)17(18)14-25-20-7-2-1-4-16(20)13-24-12-15-8-10-23-11-9-15/h1-11,24H,12-14H2. The van der Waals surface area contributed by atoms with Crippen molar-refractivity contribution in [2.24, 2.45) is 0 Å². The molecular formula is C20H18ClFN2O. The van der Waals surface area contributed by atoms with Crippen LogP contribution >= 0.6 is 11.6 Å². The topological polar surface area (TPSA) is 34.1 Å². The van der Waals surface area contributed by atoms with Crippen LogP contribution in [-0.2, 0) is 19.7 Å². The molecule has 5 heteroatoms. The van der Waals surface area contributed by atoms with E-state index in [0.717, 1.165) is 17.7 Å². The molecule has 128 valence electrons. The number of para-hydroxylation sites is 1. The Morgan fingerprint density at radius 1 is 0.960 bits per heavy atom. The summed E-state index contributed by atoms with van der Waals surface area (Å²) in [5, 5.41) is 3.74. The fraction of sp³-hybridized carbons (Fsp3) is 0.150.